The van der Waals surface area contributed by atoms with Crippen LogP contribution in [0.15, 0.2) is 0 Å². The Labute approximate surface area is 192 Å². The van der Waals surface area contributed by atoms with E-state index in [-0.39, 0.29) is 12.8 Å². The Bertz CT molecular complexity index is 471. The maximum absolute atomic E-state index is 10.2. The molecular weight excluding hydrogens is 454 g/mol. The SMILES string of the molecule is CC(O)CO.CO.CO[C@@H]1O[C@H](CO)[C@@H](O[C@@H]2O[C@H](CO)[C@@H](OC)C(O)[C@H]2O)C(O)[C@H]1O.N. The fraction of sp³-hybridized carbons (Fsp3) is 1.00. The quantitative estimate of drug-likeness (QED) is 0.158. The summed E-state index contributed by atoms with van der Waals surface area (Å²) in [6.45, 7) is 0.313. The van der Waals surface area contributed by atoms with Gasteiger partial charge < -0.3 is 75.8 Å². The molecule has 2 heterocycles. The standard InChI is InChI=1S/C14H26O11.C3H8O2.CH4O.H3N/c1-21-11-5(3-15)24-14(10(20)7(11)17)25-12-6(4-16)23-13(22-2)9(19)8(12)18;1-3(5)2-4;1-2;/h5-20H,3-4H2,1-2H3;3-5H,2H2,1H3;2H,1H3;1H3/t5-,6-,7?,8?,9-,10-,11-,12-,13-,14+;;;/m1.../s1. The fourth-order valence-corrected chi connectivity index (χ4v) is 3.03. The van der Waals surface area contributed by atoms with Crippen molar-refractivity contribution in [3.63, 3.8) is 0 Å². The first-order chi connectivity index (χ1) is 15.2. The van der Waals surface area contributed by atoms with Gasteiger partial charge in [0, 0.05) is 21.3 Å². The van der Waals surface area contributed by atoms with E-state index >= 15 is 0 Å². The second-order valence-corrected chi connectivity index (χ2v) is 6.98. The van der Waals surface area contributed by atoms with E-state index in [2.05, 4.69) is 0 Å². The molecule has 2 aliphatic rings. The largest absolute Gasteiger partial charge is 0.400 e. The summed E-state index contributed by atoms with van der Waals surface area (Å²) in [4.78, 5) is 0. The first kappa shape index (κ1) is 34.6. The third-order valence-electron chi connectivity index (χ3n) is 4.70. The monoisotopic (exact) mass is 495 g/mol. The van der Waals surface area contributed by atoms with Gasteiger partial charge in [-0.1, -0.05) is 0 Å². The molecule has 11 atom stereocenters. The van der Waals surface area contributed by atoms with Gasteiger partial charge in [-0.3, -0.25) is 0 Å². The van der Waals surface area contributed by atoms with Crippen molar-refractivity contribution >= 4 is 0 Å². The van der Waals surface area contributed by atoms with E-state index in [0.717, 1.165) is 7.11 Å². The number of methoxy groups -OCH3 is 2. The highest BCUT2D eigenvalue weighted by Gasteiger charge is 2.50. The maximum atomic E-state index is 10.2. The minimum atomic E-state index is -1.56. The van der Waals surface area contributed by atoms with Crippen molar-refractivity contribution < 1.29 is 69.6 Å². The lowest BCUT2D eigenvalue weighted by molar-refractivity contribution is -0.358. The third kappa shape index (κ3) is 9.52. The Hall–Kier alpha value is -0.600. The van der Waals surface area contributed by atoms with Crippen molar-refractivity contribution in [1.29, 1.82) is 0 Å². The van der Waals surface area contributed by atoms with Crippen LogP contribution in [0.2, 0.25) is 0 Å². The molecule has 0 aromatic rings. The van der Waals surface area contributed by atoms with Crippen molar-refractivity contribution in [2.45, 2.75) is 74.4 Å². The normalized spacial score (nSPS) is 39.2. The van der Waals surface area contributed by atoms with Gasteiger partial charge in [0.15, 0.2) is 12.6 Å². The molecule has 0 bridgehead atoms. The van der Waals surface area contributed by atoms with Crippen LogP contribution in [0, 0.1) is 0 Å². The fourth-order valence-electron chi connectivity index (χ4n) is 3.03. The highest BCUT2D eigenvalue weighted by Crippen LogP contribution is 2.29. The molecular formula is C18H41NO14. The predicted octanol–water partition coefficient (Wildman–Crippen LogP) is -4.96. The van der Waals surface area contributed by atoms with Crippen molar-refractivity contribution in [2.75, 3.05) is 41.2 Å². The molecule has 3 unspecified atom stereocenters. The molecule has 2 aliphatic heterocycles. The smallest absolute Gasteiger partial charge is 0.187 e. The zero-order valence-electron chi connectivity index (χ0n) is 19.2. The van der Waals surface area contributed by atoms with Gasteiger partial charge in [0.2, 0.25) is 0 Å². The molecule has 0 saturated carbocycles. The lowest BCUT2D eigenvalue weighted by atomic mass is 9.97. The van der Waals surface area contributed by atoms with Crippen LogP contribution >= 0.6 is 0 Å². The molecule has 2 fully saturated rings. The molecule has 33 heavy (non-hydrogen) atoms. The van der Waals surface area contributed by atoms with Crippen LogP contribution in [0.4, 0.5) is 0 Å². The Morgan fingerprint density at radius 3 is 1.52 bits per heavy atom. The number of hydrogen-bond acceptors (Lipinski definition) is 15. The van der Waals surface area contributed by atoms with Crippen molar-refractivity contribution in [3.05, 3.63) is 0 Å². The summed E-state index contributed by atoms with van der Waals surface area (Å²) >= 11 is 0. The maximum Gasteiger partial charge on any atom is 0.187 e. The second kappa shape index (κ2) is 17.8. The van der Waals surface area contributed by atoms with Gasteiger partial charge in [-0.2, -0.15) is 0 Å². The summed E-state index contributed by atoms with van der Waals surface area (Å²) in [7, 11) is 3.55. The number of rotatable bonds is 7. The average molecular weight is 496 g/mol. The van der Waals surface area contributed by atoms with Crippen LogP contribution in [0.1, 0.15) is 6.92 Å². The Balaban J connectivity index is 0. The molecule has 202 valence electrons. The summed E-state index contributed by atoms with van der Waals surface area (Å²) in [5, 5.41) is 82.3. The molecule has 12 N–H and O–H groups in total. The Morgan fingerprint density at radius 2 is 1.12 bits per heavy atom. The number of aliphatic hydroxyl groups is 9. The van der Waals surface area contributed by atoms with Gasteiger partial charge in [0.25, 0.3) is 0 Å². The molecule has 0 spiro atoms. The molecule has 15 heteroatoms. The van der Waals surface area contributed by atoms with E-state index in [1.165, 1.54) is 21.1 Å². The predicted molar refractivity (Wildman–Crippen MR) is 110 cm³/mol. The summed E-state index contributed by atoms with van der Waals surface area (Å²) < 4.78 is 26.0. The van der Waals surface area contributed by atoms with E-state index in [1.807, 2.05) is 0 Å². The van der Waals surface area contributed by atoms with Gasteiger partial charge in [-0.05, 0) is 6.92 Å². The zero-order valence-corrected chi connectivity index (χ0v) is 19.2. The zero-order chi connectivity index (χ0) is 25.0. The van der Waals surface area contributed by atoms with Crippen LogP contribution in [-0.2, 0) is 23.7 Å². The Morgan fingerprint density at radius 1 is 0.727 bits per heavy atom. The highest BCUT2D eigenvalue weighted by atomic mass is 16.7. The minimum absolute atomic E-state index is 0. The molecule has 0 aromatic heterocycles. The topological polar surface area (TPSA) is 263 Å². The van der Waals surface area contributed by atoms with Crippen LogP contribution in [0.5, 0.6) is 0 Å². The first-order valence-corrected chi connectivity index (χ1v) is 9.86. The van der Waals surface area contributed by atoms with Crippen LogP contribution < -0.4 is 6.15 Å². The van der Waals surface area contributed by atoms with E-state index in [1.54, 1.807) is 0 Å². The van der Waals surface area contributed by atoms with Gasteiger partial charge in [-0.25, -0.2) is 0 Å². The molecule has 0 amide bonds. The molecule has 0 radical (unpaired) electrons. The van der Waals surface area contributed by atoms with Gasteiger partial charge in [0.1, 0.15) is 48.8 Å². The Kier molecular flexibility index (Phi) is 18.6. The van der Waals surface area contributed by atoms with Crippen LogP contribution in [0.3, 0.4) is 0 Å². The summed E-state index contributed by atoms with van der Waals surface area (Å²) in [5.74, 6) is 0. The van der Waals surface area contributed by atoms with Crippen molar-refractivity contribution in [2.24, 2.45) is 0 Å². The molecule has 2 rings (SSSR count). The summed E-state index contributed by atoms with van der Waals surface area (Å²) in [6.07, 6.45) is -13.5. The summed E-state index contributed by atoms with van der Waals surface area (Å²) in [6, 6.07) is 0. The molecule has 0 aromatic carbocycles. The third-order valence-corrected chi connectivity index (χ3v) is 4.70. The number of ether oxygens (including phenoxy) is 5. The highest BCUT2D eigenvalue weighted by molar-refractivity contribution is 4.94. The lowest BCUT2D eigenvalue weighted by Gasteiger charge is -2.46. The minimum Gasteiger partial charge on any atom is -0.400 e. The van der Waals surface area contributed by atoms with Crippen molar-refractivity contribution in [1.82, 2.24) is 6.15 Å². The van der Waals surface area contributed by atoms with Crippen molar-refractivity contribution in [3.8, 4) is 0 Å². The van der Waals surface area contributed by atoms with E-state index < -0.39 is 80.7 Å². The van der Waals surface area contributed by atoms with Gasteiger partial charge >= 0.3 is 0 Å². The van der Waals surface area contributed by atoms with E-state index in [0.29, 0.717) is 0 Å². The first-order valence-electron chi connectivity index (χ1n) is 9.86. The van der Waals surface area contributed by atoms with Crippen LogP contribution in [-0.4, -0.2) is 155 Å². The molecule has 2 saturated heterocycles. The van der Waals surface area contributed by atoms with Gasteiger partial charge in [0.05, 0.1) is 25.9 Å². The number of hydrogen-bond donors (Lipinski definition) is 10. The summed E-state index contributed by atoms with van der Waals surface area (Å²) in [5.41, 5.74) is 0. The molecule has 0 aliphatic carbocycles. The van der Waals surface area contributed by atoms with E-state index in [4.69, 9.17) is 39.0 Å². The lowest BCUT2D eigenvalue weighted by Crippen LogP contribution is -2.64. The molecule has 15 nitrogen and oxygen atoms in total. The van der Waals surface area contributed by atoms with Crippen LogP contribution in [0.25, 0.3) is 0 Å². The second-order valence-electron chi connectivity index (χ2n) is 6.98. The average Bonchev–Trinajstić information content (AvgIpc) is 2.81. The van der Waals surface area contributed by atoms with E-state index in [9.17, 15) is 30.6 Å². The van der Waals surface area contributed by atoms with Gasteiger partial charge in [-0.15, -0.1) is 0 Å². The number of aliphatic hydroxyl groups excluding tert-OH is 9.